The van der Waals surface area contributed by atoms with E-state index in [1.54, 1.807) is 0 Å². The predicted molar refractivity (Wildman–Crippen MR) is 90.8 cm³/mol. The number of halogens is 1. The lowest BCUT2D eigenvalue weighted by molar-refractivity contribution is 0.107. The van der Waals surface area contributed by atoms with Gasteiger partial charge in [0.15, 0.2) is 11.6 Å². The van der Waals surface area contributed by atoms with Gasteiger partial charge >= 0.3 is 0 Å². The van der Waals surface area contributed by atoms with Crippen LogP contribution in [0.2, 0.25) is 0 Å². The Kier molecular flexibility index (Phi) is 5.30. The van der Waals surface area contributed by atoms with Crippen molar-refractivity contribution in [3.8, 4) is 0 Å². The fourth-order valence-corrected chi connectivity index (χ4v) is 3.54. The van der Waals surface area contributed by atoms with E-state index < -0.39 is 5.82 Å². The summed E-state index contributed by atoms with van der Waals surface area (Å²) in [6.07, 6.45) is 5.74. The van der Waals surface area contributed by atoms with Crippen LogP contribution in [0.5, 0.6) is 0 Å². The summed E-state index contributed by atoms with van der Waals surface area (Å²) in [5.41, 5.74) is -0.211. The average molecular weight is 336 g/mol. The molecule has 0 saturated carbocycles. The number of rotatable bonds is 5. The minimum absolute atomic E-state index is 0.104. The Hall–Kier alpha value is -1.73. The lowest BCUT2D eigenvalue weighted by Gasteiger charge is -2.41. The molecule has 2 fully saturated rings. The zero-order chi connectivity index (χ0) is 17.0. The van der Waals surface area contributed by atoms with E-state index in [1.165, 1.54) is 6.20 Å². The minimum atomic E-state index is -0.405. The van der Waals surface area contributed by atoms with Crippen LogP contribution in [0.3, 0.4) is 0 Å². The molecule has 6 nitrogen and oxygen atoms in total. The second kappa shape index (κ2) is 7.44. The number of piperidine rings is 1. The van der Waals surface area contributed by atoms with E-state index in [0.717, 1.165) is 25.8 Å². The van der Waals surface area contributed by atoms with Crippen molar-refractivity contribution in [1.82, 2.24) is 9.97 Å². The molecule has 7 heteroatoms. The Balaban J connectivity index is 1.82. The van der Waals surface area contributed by atoms with Gasteiger partial charge < -0.3 is 19.6 Å². The van der Waals surface area contributed by atoms with E-state index in [9.17, 15) is 9.50 Å². The van der Waals surface area contributed by atoms with Crippen LogP contribution in [0.4, 0.5) is 16.2 Å². The Morgan fingerprint density at radius 1 is 1.33 bits per heavy atom. The maximum atomic E-state index is 14.2. The number of morpholine rings is 1. The highest BCUT2D eigenvalue weighted by Gasteiger charge is 2.35. The predicted octanol–water partition coefficient (Wildman–Crippen LogP) is 1.61. The van der Waals surface area contributed by atoms with Gasteiger partial charge in [-0.1, -0.05) is 6.08 Å². The third-order valence-corrected chi connectivity index (χ3v) is 4.88. The van der Waals surface area contributed by atoms with Crippen LogP contribution in [0, 0.1) is 11.2 Å². The van der Waals surface area contributed by atoms with Gasteiger partial charge in [-0.15, -0.1) is 6.58 Å². The normalized spacial score (nSPS) is 24.9. The molecule has 2 saturated heterocycles. The second-order valence-electron chi connectivity index (χ2n) is 6.62. The maximum absolute atomic E-state index is 14.2. The van der Waals surface area contributed by atoms with Crippen molar-refractivity contribution in [3.05, 3.63) is 24.7 Å². The standard InChI is InChI=1S/C17H25FN4O2/c1-2-4-17(13-23)5-3-6-22(12-17)16-19-11-14(18)15(20-16)21-7-9-24-10-8-21/h2,11,23H,1,3-10,12-13H2/t17-/m0/s1. The van der Waals surface area contributed by atoms with Crippen LogP contribution in [-0.4, -0.2) is 61.1 Å². The first-order valence-corrected chi connectivity index (χ1v) is 8.49. The van der Waals surface area contributed by atoms with Gasteiger partial charge in [0.05, 0.1) is 26.0 Å². The van der Waals surface area contributed by atoms with Crippen molar-refractivity contribution >= 4 is 11.8 Å². The van der Waals surface area contributed by atoms with Crippen molar-refractivity contribution in [2.45, 2.75) is 19.3 Å². The van der Waals surface area contributed by atoms with Gasteiger partial charge in [0.1, 0.15) is 0 Å². The van der Waals surface area contributed by atoms with Gasteiger partial charge in [-0.3, -0.25) is 0 Å². The van der Waals surface area contributed by atoms with E-state index in [0.29, 0.717) is 44.6 Å². The SMILES string of the molecule is C=CC[C@]1(CO)CCCN(c2ncc(F)c(N3CCOCC3)n2)C1. The van der Waals surface area contributed by atoms with Crippen molar-refractivity contribution in [3.63, 3.8) is 0 Å². The summed E-state index contributed by atoms with van der Waals surface area (Å²) in [7, 11) is 0. The Morgan fingerprint density at radius 3 is 2.83 bits per heavy atom. The summed E-state index contributed by atoms with van der Waals surface area (Å²) < 4.78 is 19.5. The fraction of sp³-hybridized carbons (Fsp3) is 0.647. The number of ether oxygens (including phenoxy) is 1. The lowest BCUT2D eigenvalue weighted by atomic mass is 9.78. The highest BCUT2D eigenvalue weighted by atomic mass is 19.1. The third-order valence-electron chi connectivity index (χ3n) is 4.88. The molecule has 1 aromatic rings. The molecule has 2 aliphatic heterocycles. The molecule has 0 bridgehead atoms. The van der Waals surface area contributed by atoms with Gasteiger partial charge in [0.2, 0.25) is 5.95 Å². The quantitative estimate of drug-likeness (QED) is 0.825. The molecule has 0 aromatic carbocycles. The van der Waals surface area contributed by atoms with Crippen molar-refractivity contribution < 1.29 is 14.2 Å². The first kappa shape index (κ1) is 17.1. The van der Waals surface area contributed by atoms with E-state index in [1.807, 2.05) is 15.9 Å². The molecular formula is C17H25FN4O2. The molecule has 132 valence electrons. The third kappa shape index (κ3) is 3.52. The number of hydrogen-bond donors (Lipinski definition) is 1. The molecule has 24 heavy (non-hydrogen) atoms. The topological polar surface area (TPSA) is 61.7 Å². The summed E-state index contributed by atoms with van der Waals surface area (Å²) in [5.74, 6) is 0.462. The zero-order valence-corrected chi connectivity index (χ0v) is 14.0. The van der Waals surface area contributed by atoms with Crippen LogP contribution in [-0.2, 0) is 4.74 Å². The first-order chi connectivity index (χ1) is 11.7. The summed E-state index contributed by atoms with van der Waals surface area (Å²) in [5, 5.41) is 9.84. The molecule has 0 aliphatic carbocycles. The fourth-order valence-electron chi connectivity index (χ4n) is 3.54. The molecule has 0 amide bonds. The largest absolute Gasteiger partial charge is 0.396 e. The number of hydrogen-bond acceptors (Lipinski definition) is 6. The molecule has 0 radical (unpaired) electrons. The van der Waals surface area contributed by atoms with Crippen LogP contribution in [0.15, 0.2) is 18.9 Å². The molecule has 1 N–H and O–H groups in total. The van der Waals surface area contributed by atoms with Crippen LogP contribution < -0.4 is 9.80 Å². The average Bonchev–Trinajstić information content (AvgIpc) is 2.63. The highest BCUT2D eigenvalue weighted by molar-refractivity contribution is 5.45. The summed E-state index contributed by atoms with van der Waals surface area (Å²) in [6.45, 7) is 7.79. The molecule has 1 aromatic heterocycles. The molecule has 0 spiro atoms. The Labute approximate surface area is 142 Å². The molecule has 2 aliphatic rings. The number of aromatic nitrogens is 2. The van der Waals surface area contributed by atoms with Crippen molar-refractivity contribution in [1.29, 1.82) is 0 Å². The van der Waals surface area contributed by atoms with E-state index >= 15 is 0 Å². The van der Waals surface area contributed by atoms with Gasteiger partial charge in [-0.05, 0) is 19.3 Å². The number of nitrogens with zero attached hydrogens (tertiary/aromatic N) is 4. The molecule has 0 unspecified atom stereocenters. The summed E-state index contributed by atoms with van der Waals surface area (Å²) >= 11 is 0. The summed E-state index contributed by atoms with van der Waals surface area (Å²) in [6, 6.07) is 0. The second-order valence-corrected chi connectivity index (χ2v) is 6.62. The van der Waals surface area contributed by atoms with E-state index in [2.05, 4.69) is 16.5 Å². The Bertz CT molecular complexity index is 580. The van der Waals surface area contributed by atoms with E-state index in [-0.39, 0.29) is 12.0 Å². The smallest absolute Gasteiger partial charge is 0.227 e. The molecule has 3 heterocycles. The summed E-state index contributed by atoms with van der Waals surface area (Å²) in [4.78, 5) is 12.6. The van der Waals surface area contributed by atoms with Gasteiger partial charge in [-0.25, -0.2) is 9.37 Å². The molecule has 3 rings (SSSR count). The number of aliphatic hydroxyl groups is 1. The van der Waals surface area contributed by atoms with Crippen LogP contribution >= 0.6 is 0 Å². The Morgan fingerprint density at radius 2 is 2.12 bits per heavy atom. The molecule has 1 atom stereocenters. The minimum Gasteiger partial charge on any atom is -0.396 e. The van der Waals surface area contributed by atoms with Gasteiger partial charge in [0.25, 0.3) is 0 Å². The van der Waals surface area contributed by atoms with Crippen molar-refractivity contribution in [2.24, 2.45) is 5.41 Å². The van der Waals surface area contributed by atoms with Gasteiger partial charge in [-0.2, -0.15) is 4.98 Å². The number of aliphatic hydroxyl groups excluding tert-OH is 1. The lowest BCUT2D eigenvalue weighted by Crippen LogP contribution is -2.46. The number of anilines is 2. The highest BCUT2D eigenvalue weighted by Crippen LogP contribution is 2.35. The molecular weight excluding hydrogens is 311 g/mol. The number of allylic oxidation sites excluding steroid dienone is 1. The van der Waals surface area contributed by atoms with Crippen LogP contribution in [0.25, 0.3) is 0 Å². The zero-order valence-electron chi connectivity index (χ0n) is 14.0. The van der Waals surface area contributed by atoms with Crippen LogP contribution in [0.1, 0.15) is 19.3 Å². The van der Waals surface area contributed by atoms with Crippen molar-refractivity contribution in [2.75, 3.05) is 55.8 Å². The van der Waals surface area contributed by atoms with E-state index in [4.69, 9.17) is 4.74 Å². The van der Waals surface area contributed by atoms with Gasteiger partial charge in [0, 0.05) is 31.6 Å². The monoisotopic (exact) mass is 336 g/mol. The first-order valence-electron chi connectivity index (χ1n) is 8.49. The maximum Gasteiger partial charge on any atom is 0.227 e.